The number of ether oxygens (including phenoxy) is 1. The lowest BCUT2D eigenvalue weighted by Crippen LogP contribution is -2.05. The van der Waals surface area contributed by atoms with Gasteiger partial charge in [-0.25, -0.2) is 4.98 Å². The van der Waals surface area contributed by atoms with E-state index >= 15 is 0 Å². The smallest absolute Gasteiger partial charge is 0.143 e. The van der Waals surface area contributed by atoms with Gasteiger partial charge < -0.3 is 4.74 Å². The molecule has 0 radical (unpaired) electrons. The van der Waals surface area contributed by atoms with Crippen LogP contribution in [0, 0.1) is 0 Å². The fourth-order valence-electron chi connectivity index (χ4n) is 1.35. The van der Waals surface area contributed by atoms with Crippen LogP contribution in [0.25, 0.3) is 0 Å². The highest BCUT2D eigenvalue weighted by Crippen LogP contribution is 2.26. The molecule has 88 valence electrons. The van der Waals surface area contributed by atoms with Crippen LogP contribution in [0.4, 0.5) is 0 Å². The van der Waals surface area contributed by atoms with Gasteiger partial charge in [0.05, 0.1) is 16.4 Å². The summed E-state index contributed by atoms with van der Waals surface area (Å²) in [6, 6.07) is 7.51. The van der Waals surface area contributed by atoms with Crippen molar-refractivity contribution in [3.63, 3.8) is 0 Å². The Hall–Kier alpha value is -1.13. The van der Waals surface area contributed by atoms with Crippen molar-refractivity contribution in [2.75, 3.05) is 0 Å². The zero-order chi connectivity index (χ0) is 12.3. The fraction of sp³-hybridized carbons (Fsp3) is 0.167. The Labute approximate surface area is 113 Å². The number of halogens is 2. The lowest BCUT2D eigenvalue weighted by atomic mass is 10.2. The molecule has 2 aromatic heterocycles. The first kappa shape index (κ1) is 12.3. The van der Waals surface area contributed by atoms with E-state index in [4.69, 9.17) is 16.3 Å². The van der Waals surface area contributed by atoms with Gasteiger partial charge in [-0.1, -0.05) is 17.7 Å². The summed E-state index contributed by atoms with van der Waals surface area (Å²) in [5.41, 5.74) is 0.874. The van der Waals surface area contributed by atoms with Crippen LogP contribution in [-0.4, -0.2) is 9.97 Å². The first-order valence-electron chi connectivity index (χ1n) is 5.05. The molecule has 0 aliphatic carbocycles. The van der Waals surface area contributed by atoms with Gasteiger partial charge in [0.1, 0.15) is 17.0 Å². The molecule has 0 aliphatic heterocycles. The van der Waals surface area contributed by atoms with Gasteiger partial charge >= 0.3 is 0 Å². The molecule has 5 heteroatoms. The highest BCUT2D eigenvalue weighted by molar-refractivity contribution is 9.10. The second-order valence-electron chi connectivity index (χ2n) is 3.46. The van der Waals surface area contributed by atoms with Crippen LogP contribution in [0.2, 0.25) is 5.15 Å². The maximum atomic E-state index is 5.81. The number of pyridine rings is 2. The van der Waals surface area contributed by atoms with E-state index in [1.54, 1.807) is 18.5 Å². The average Bonchev–Trinajstić information content (AvgIpc) is 2.35. The Balaban J connectivity index is 2.13. The minimum atomic E-state index is -0.133. The Morgan fingerprint density at radius 3 is 2.82 bits per heavy atom. The van der Waals surface area contributed by atoms with Gasteiger partial charge in [-0.15, -0.1) is 0 Å². The third kappa shape index (κ3) is 3.17. The molecule has 1 unspecified atom stereocenters. The predicted molar refractivity (Wildman–Crippen MR) is 70.2 cm³/mol. The number of aromatic nitrogens is 2. The quantitative estimate of drug-likeness (QED) is 0.802. The molecule has 0 saturated carbocycles. The second-order valence-corrected chi connectivity index (χ2v) is 4.67. The largest absolute Gasteiger partial charge is 0.483 e. The molecule has 0 fully saturated rings. The van der Waals surface area contributed by atoms with Gasteiger partial charge in [0, 0.05) is 6.20 Å². The molecule has 2 rings (SSSR count). The van der Waals surface area contributed by atoms with Crippen LogP contribution in [0.15, 0.2) is 41.1 Å². The molecule has 3 nitrogen and oxygen atoms in total. The fourth-order valence-corrected chi connectivity index (χ4v) is 1.78. The van der Waals surface area contributed by atoms with Gasteiger partial charge in [0.2, 0.25) is 0 Å². The van der Waals surface area contributed by atoms with Gasteiger partial charge in [0.25, 0.3) is 0 Å². The molecule has 0 aromatic carbocycles. The summed E-state index contributed by atoms with van der Waals surface area (Å²) in [7, 11) is 0. The number of hydrogen-bond donors (Lipinski definition) is 0. The van der Waals surface area contributed by atoms with Crippen molar-refractivity contribution < 1.29 is 4.74 Å². The average molecular weight is 314 g/mol. The minimum Gasteiger partial charge on any atom is -0.483 e. The molecule has 2 heterocycles. The van der Waals surface area contributed by atoms with E-state index in [1.165, 1.54) is 0 Å². The Bertz CT molecular complexity index is 507. The summed E-state index contributed by atoms with van der Waals surface area (Å²) in [6.07, 6.45) is 3.20. The van der Waals surface area contributed by atoms with Crippen LogP contribution >= 0.6 is 27.5 Å². The second kappa shape index (κ2) is 5.47. The highest BCUT2D eigenvalue weighted by Gasteiger charge is 2.09. The monoisotopic (exact) mass is 312 g/mol. The summed E-state index contributed by atoms with van der Waals surface area (Å²) in [5.74, 6) is 0.652. The molecule has 1 atom stereocenters. The topological polar surface area (TPSA) is 35.0 Å². The van der Waals surface area contributed by atoms with Crippen molar-refractivity contribution in [3.8, 4) is 5.75 Å². The summed E-state index contributed by atoms with van der Waals surface area (Å²) >= 11 is 9.11. The molecule has 17 heavy (non-hydrogen) atoms. The van der Waals surface area contributed by atoms with E-state index in [0.29, 0.717) is 15.4 Å². The minimum absolute atomic E-state index is 0.133. The van der Waals surface area contributed by atoms with E-state index in [9.17, 15) is 0 Å². The SMILES string of the molecule is CC(Oc1cnc(Cl)c(Br)c1)c1ccccn1. The van der Waals surface area contributed by atoms with Crippen LogP contribution in [0.1, 0.15) is 18.7 Å². The lowest BCUT2D eigenvalue weighted by molar-refractivity contribution is 0.221. The first-order valence-corrected chi connectivity index (χ1v) is 6.22. The Morgan fingerprint density at radius 1 is 1.35 bits per heavy atom. The summed E-state index contributed by atoms with van der Waals surface area (Å²) < 4.78 is 6.44. The Morgan fingerprint density at radius 2 is 2.18 bits per heavy atom. The molecule has 2 aromatic rings. The normalized spacial score (nSPS) is 12.2. The Kier molecular flexibility index (Phi) is 3.97. The number of nitrogens with zero attached hydrogens (tertiary/aromatic N) is 2. The molecule has 0 saturated heterocycles. The summed E-state index contributed by atoms with van der Waals surface area (Å²) in [6.45, 7) is 1.94. The van der Waals surface area contributed by atoms with Gasteiger partial charge in [0.15, 0.2) is 0 Å². The standard InChI is InChI=1S/C12H10BrClN2O/c1-8(11-4-2-3-5-15-11)17-9-6-10(13)12(14)16-7-9/h2-8H,1H3. The van der Waals surface area contributed by atoms with Crippen molar-refractivity contribution >= 4 is 27.5 Å². The maximum Gasteiger partial charge on any atom is 0.143 e. The van der Waals surface area contributed by atoms with Crippen LogP contribution in [0.3, 0.4) is 0 Å². The number of rotatable bonds is 3. The zero-order valence-electron chi connectivity index (χ0n) is 9.10. The van der Waals surface area contributed by atoms with Crippen molar-refractivity contribution in [1.29, 1.82) is 0 Å². The van der Waals surface area contributed by atoms with E-state index in [-0.39, 0.29) is 6.10 Å². The van der Waals surface area contributed by atoms with E-state index in [0.717, 1.165) is 5.69 Å². The molecule has 0 spiro atoms. The maximum absolute atomic E-state index is 5.81. The van der Waals surface area contributed by atoms with Crippen molar-refractivity contribution in [1.82, 2.24) is 9.97 Å². The van der Waals surface area contributed by atoms with E-state index in [2.05, 4.69) is 25.9 Å². The van der Waals surface area contributed by atoms with E-state index < -0.39 is 0 Å². The molecule has 0 N–H and O–H groups in total. The van der Waals surface area contributed by atoms with Crippen molar-refractivity contribution in [2.24, 2.45) is 0 Å². The predicted octanol–water partition coefficient (Wildman–Crippen LogP) is 4.03. The third-order valence-electron chi connectivity index (χ3n) is 2.19. The first-order chi connectivity index (χ1) is 8.16. The van der Waals surface area contributed by atoms with Crippen LogP contribution < -0.4 is 4.74 Å². The molecule has 0 aliphatic rings. The lowest BCUT2D eigenvalue weighted by Gasteiger charge is -2.14. The number of hydrogen-bond acceptors (Lipinski definition) is 3. The van der Waals surface area contributed by atoms with Crippen LogP contribution in [0.5, 0.6) is 5.75 Å². The van der Waals surface area contributed by atoms with E-state index in [1.807, 2.05) is 25.1 Å². The van der Waals surface area contributed by atoms with Gasteiger partial charge in [-0.3, -0.25) is 4.98 Å². The van der Waals surface area contributed by atoms with Crippen LogP contribution in [-0.2, 0) is 0 Å². The molecular weight excluding hydrogens is 304 g/mol. The zero-order valence-corrected chi connectivity index (χ0v) is 11.4. The molecular formula is C12H10BrClN2O. The molecule has 0 amide bonds. The summed E-state index contributed by atoms with van der Waals surface area (Å²) in [5, 5.41) is 0.419. The van der Waals surface area contributed by atoms with Crippen molar-refractivity contribution in [3.05, 3.63) is 52.0 Å². The van der Waals surface area contributed by atoms with Gasteiger partial charge in [-0.2, -0.15) is 0 Å². The third-order valence-corrected chi connectivity index (χ3v) is 3.32. The highest BCUT2D eigenvalue weighted by atomic mass is 79.9. The molecule has 0 bridgehead atoms. The van der Waals surface area contributed by atoms with Crippen molar-refractivity contribution in [2.45, 2.75) is 13.0 Å². The summed E-state index contributed by atoms with van der Waals surface area (Å²) in [4.78, 5) is 8.23. The van der Waals surface area contributed by atoms with Gasteiger partial charge in [-0.05, 0) is 41.1 Å².